The maximum atomic E-state index is 10.4. The van der Waals surface area contributed by atoms with Crippen molar-refractivity contribution in [2.24, 2.45) is 0 Å². The Bertz CT molecular complexity index is 889. The molecule has 28 heavy (non-hydrogen) atoms. The zero-order valence-corrected chi connectivity index (χ0v) is 15.0. The van der Waals surface area contributed by atoms with Crippen molar-refractivity contribution >= 4 is 17.0 Å². The number of methoxy groups -OCH3 is 1. The maximum Gasteiger partial charge on any atom is 0.232 e. The van der Waals surface area contributed by atoms with Gasteiger partial charge in [0.25, 0.3) is 0 Å². The minimum atomic E-state index is -1.48. The van der Waals surface area contributed by atoms with Crippen LogP contribution in [0.5, 0.6) is 0 Å². The van der Waals surface area contributed by atoms with Crippen molar-refractivity contribution in [1.82, 2.24) is 19.5 Å². The molecule has 4 heterocycles. The quantitative estimate of drug-likeness (QED) is 0.384. The number of nitrogens with one attached hydrogen (secondary N) is 1. The van der Waals surface area contributed by atoms with Crippen molar-refractivity contribution in [2.75, 3.05) is 25.6 Å². The number of anilines is 1. The van der Waals surface area contributed by atoms with Crippen LogP contribution in [-0.4, -0.2) is 84.3 Å². The van der Waals surface area contributed by atoms with E-state index in [9.17, 15) is 20.4 Å². The Labute approximate surface area is 159 Å². The zero-order valence-electron chi connectivity index (χ0n) is 15.0. The van der Waals surface area contributed by atoms with E-state index >= 15 is 0 Å². The van der Waals surface area contributed by atoms with Crippen molar-refractivity contribution in [3.63, 3.8) is 0 Å². The Morgan fingerprint density at radius 1 is 1.32 bits per heavy atom. The first-order valence-electron chi connectivity index (χ1n) is 8.63. The molecular weight excluding hydrogens is 374 g/mol. The van der Waals surface area contributed by atoms with Crippen LogP contribution >= 0.6 is 0 Å². The number of rotatable bonds is 6. The first-order chi connectivity index (χ1) is 13.5. The number of nitrogens with zero attached hydrogens (tertiary/aromatic N) is 4. The molecule has 12 heteroatoms. The molecule has 0 radical (unpaired) electrons. The van der Waals surface area contributed by atoms with E-state index in [-0.39, 0.29) is 13.0 Å². The number of aliphatic hydroxyl groups excluding tert-OH is 3. The number of hydrogen-bond donors (Lipinski definition) is 5. The van der Waals surface area contributed by atoms with E-state index < -0.39 is 36.9 Å². The van der Waals surface area contributed by atoms with Crippen LogP contribution in [0.2, 0.25) is 0 Å². The van der Waals surface area contributed by atoms with Gasteiger partial charge in [-0.25, -0.2) is 15.0 Å². The molecule has 12 nitrogen and oxygen atoms in total. The fourth-order valence-corrected chi connectivity index (χ4v) is 3.25. The number of aliphatic hydroxyl groups is 4. The lowest BCUT2D eigenvalue weighted by Crippen LogP contribution is -2.36. The summed E-state index contributed by atoms with van der Waals surface area (Å²) in [7, 11) is 1.49. The van der Waals surface area contributed by atoms with Gasteiger partial charge in [-0.1, -0.05) is 0 Å². The molecule has 2 aromatic rings. The average Bonchev–Trinajstić information content (AvgIpc) is 3.37. The van der Waals surface area contributed by atoms with Gasteiger partial charge < -0.3 is 40.0 Å². The molecule has 0 aromatic carbocycles. The maximum absolute atomic E-state index is 10.4. The van der Waals surface area contributed by atoms with Crippen molar-refractivity contribution in [3.8, 4) is 0 Å². The van der Waals surface area contributed by atoms with Crippen LogP contribution in [0.25, 0.3) is 11.2 Å². The standard InChI is InChI=1S/C16H21N5O7/c1-26-8-2-16(25,27-4-8)5-17-13-10-14(19-6-18-13)21(7-20-10)15-12(24)11(23)9(3-22)28-15/h4,6-7,9,11-12,15,22-25H,2-3,5H2,1H3,(H,17,18,19)/t9-,11-,12+,15-,16?/m1/s1. The van der Waals surface area contributed by atoms with Gasteiger partial charge >= 0.3 is 0 Å². The third-order valence-corrected chi connectivity index (χ3v) is 4.80. The summed E-state index contributed by atoms with van der Waals surface area (Å²) in [5, 5.41) is 42.9. The molecule has 2 aliphatic rings. The van der Waals surface area contributed by atoms with Crippen LogP contribution in [0.1, 0.15) is 12.6 Å². The normalized spacial score (nSPS) is 32.4. The summed E-state index contributed by atoms with van der Waals surface area (Å²) in [6.45, 7) is -0.414. The molecule has 4 rings (SSSR count). The number of hydrogen-bond acceptors (Lipinski definition) is 11. The molecule has 1 fully saturated rings. The Balaban J connectivity index is 1.55. The minimum Gasteiger partial charge on any atom is -0.498 e. The molecule has 1 saturated heterocycles. The largest absolute Gasteiger partial charge is 0.498 e. The number of imidazole rings is 1. The number of ether oxygens (including phenoxy) is 3. The highest BCUT2D eigenvalue weighted by Gasteiger charge is 2.44. The molecule has 0 aliphatic carbocycles. The highest BCUT2D eigenvalue weighted by atomic mass is 16.6. The number of fused-ring (bicyclic) bond motifs is 1. The topological polar surface area (TPSA) is 164 Å². The van der Waals surface area contributed by atoms with Crippen LogP contribution in [0.15, 0.2) is 24.7 Å². The van der Waals surface area contributed by atoms with Gasteiger partial charge in [0, 0.05) is 0 Å². The highest BCUT2D eigenvalue weighted by Crippen LogP contribution is 2.32. The molecule has 5 N–H and O–H groups in total. The Kier molecular flexibility index (Phi) is 4.81. The van der Waals surface area contributed by atoms with E-state index in [0.29, 0.717) is 22.7 Å². The fraction of sp³-hybridized carbons (Fsp3) is 0.562. The molecule has 0 amide bonds. The summed E-state index contributed by atoms with van der Waals surface area (Å²) in [4.78, 5) is 12.6. The zero-order chi connectivity index (χ0) is 19.9. The van der Waals surface area contributed by atoms with Crippen molar-refractivity contribution in [3.05, 3.63) is 24.7 Å². The second-order valence-electron chi connectivity index (χ2n) is 6.66. The lowest BCUT2D eigenvalue weighted by Gasteiger charge is -2.22. The predicted octanol–water partition coefficient (Wildman–Crippen LogP) is -1.55. The first-order valence-corrected chi connectivity index (χ1v) is 8.63. The summed E-state index contributed by atoms with van der Waals surface area (Å²) in [6, 6.07) is 0. The molecule has 1 unspecified atom stereocenters. The number of aromatic nitrogens is 4. The van der Waals surface area contributed by atoms with Gasteiger partial charge in [-0.05, 0) is 0 Å². The predicted molar refractivity (Wildman–Crippen MR) is 92.6 cm³/mol. The average molecular weight is 395 g/mol. The van der Waals surface area contributed by atoms with Gasteiger partial charge in [0.05, 0.1) is 33.0 Å². The molecule has 152 valence electrons. The van der Waals surface area contributed by atoms with Crippen LogP contribution in [0.3, 0.4) is 0 Å². The summed E-state index contributed by atoms with van der Waals surface area (Å²) in [5.74, 6) is -0.613. The van der Waals surface area contributed by atoms with Crippen molar-refractivity contribution in [1.29, 1.82) is 0 Å². The van der Waals surface area contributed by atoms with Crippen molar-refractivity contribution < 1.29 is 34.6 Å². The van der Waals surface area contributed by atoms with Crippen LogP contribution in [0.4, 0.5) is 5.82 Å². The van der Waals surface area contributed by atoms with E-state index in [4.69, 9.17) is 14.2 Å². The van der Waals surface area contributed by atoms with E-state index in [0.717, 1.165) is 0 Å². The third-order valence-electron chi connectivity index (χ3n) is 4.80. The summed E-state index contributed by atoms with van der Waals surface area (Å²) in [6.07, 6.45) is -0.132. The van der Waals surface area contributed by atoms with Crippen LogP contribution in [-0.2, 0) is 14.2 Å². The van der Waals surface area contributed by atoms with E-state index in [1.165, 1.54) is 30.6 Å². The first kappa shape index (κ1) is 18.8. The molecule has 5 atom stereocenters. The van der Waals surface area contributed by atoms with Gasteiger partial charge in [0.15, 0.2) is 23.2 Å². The summed E-state index contributed by atoms with van der Waals surface area (Å²) < 4.78 is 17.3. The van der Waals surface area contributed by atoms with Gasteiger partial charge in [0.1, 0.15) is 36.7 Å². The molecule has 2 aromatic heterocycles. The van der Waals surface area contributed by atoms with Gasteiger partial charge in [-0.3, -0.25) is 4.57 Å². The Morgan fingerprint density at radius 2 is 2.14 bits per heavy atom. The van der Waals surface area contributed by atoms with Gasteiger partial charge in [-0.2, -0.15) is 0 Å². The molecule has 2 aliphatic heterocycles. The van der Waals surface area contributed by atoms with Gasteiger partial charge in [0.2, 0.25) is 5.79 Å². The lowest BCUT2D eigenvalue weighted by molar-refractivity contribution is -0.140. The smallest absolute Gasteiger partial charge is 0.232 e. The minimum absolute atomic E-state index is 0.0171. The fourth-order valence-electron chi connectivity index (χ4n) is 3.25. The monoisotopic (exact) mass is 395 g/mol. The molecule has 0 bridgehead atoms. The summed E-state index contributed by atoms with van der Waals surface area (Å²) >= 11 is 0. The Morgan fingerprint density at radius 3 is 2.82 bits per heavy atom. The second kappa shape index (κ2) is 7.14. The van der Waals surface area contributed by atoms with E-state index in [2.05, 4.69) is 20.3 Å². The highest BCUT2D eigenvalue weighted by molar-refractivity contribution is 5.82. The molecular formula is C16H21N5O7. The SMILES string of the molecule is COC1=COC(O)(CNc2ncnc3c2ncn3[C@@H]2O[C@H](CO)[C@@H](O)[C@@H]2O)C1. The lowest BCUT2D eigenvalue weighted by atomic mass is 10.1. The Hall–Kier alpha value is -2.51. The van der Waals surface area contributed by atoms with Crippen molar-refractivity contribution in [2.45, 2.75) is 36.7 Å². The van der Waals surface area contributed by atoms with E-state index in [1.54, 1.807) is 0 Å². The van der Waals surface area contributed by atoms with Crippen LogP contribution in [0, 0.1) is 0 Å². The van der Waals surface area contributed by atoms with Crippen LogP contribution < -0.4 is 5.32 Å². The van der Waals surface area contributed by atoms with E-state index in [1.807, 2.05) is 0 Å². The van der Waals surface area contributed by atoms with Gasteiger partial charge in [-0.15, -0.1) is 0 Å². The molecule has 0 saturated carbocycles. The third kappa shape index (κ3) is 3.14. The summed E-state index contributed by atoms with van der Waals surface area (Å²) in [5.41, 5.74) is 0.726. The molecule has 0 spiro atoms. The second-order valence-corrected chi connectivity index (χ2v) is 6.66.